The first kappa shape index (κ1) is 9.52. The topological polar surface area (TPSA) is 62.9 Å². The first-order valence-electron chi connectivity index (χ1n) is 3.88. The van der Waals surface area contributed by atoms with Gasteiger partial charge in [0.05, 0.1) is 0 Å². The fourth-order valence-corrected chi connectivity index (χ4v) is 1.08. The molecule has 0 atom stereocenters. The molecule has 0 saturated carbocycles. The first-order valence-corrected chi connectivity index (χ1v) is 3.88. The zero-order valence-corrected chi connectivity index (χ0v) is 8.16. The van der Waals surface area contributed by atoms with Crippen molar-refractivity contribution in [3.8, 4) is 6.07 Å². The minimum absolute atomic E-state index is 0.235. The smallest absolute Gasteiger partial charge is 0.305 e. The number of nitriles is 1. The molecule has 0 radical (unpaired) electrons. The van der Waals surface area contributed by atoms with Crippen LogP contribution in [-0.2, 0) is 5.41 Å². The second-order valence-electron chi connectivity index (χ2n) is 3.67. The summed E-state index contributed by atoms with van der Waals surface area (Å²) >= 11 is 0. The van der Waals surface area contributed by atoms with Crippen molar-refractivity contribution < 1.29 is 14.4 Å². The molecule has 70 valence electrons. The Balaban J connectivity index is 3.31. The number of rotatable bonds is 1. The highest BCUT2D eigenvalue weighted by Crippen LogP contribution is 2.20. The molecule has 5 heteroatoms. The quantitative estimate of drug-likeness (QED) is 0.622. The van der Waals surface area contributed by atoms with E-state index in [9.17, 15) is 0 Å². The molecule has 1 aromatic rings. The van der Waals surface area contributed by atoms with Crippen LogP contribution in [0.2, 0.25) is 0 Å². The Morgan fingerprint density at radius 3 is 2.54 bits per heavy atom. The standard InChI is InChI=1S/C8H12N3O2/c1-8(2,3)7-6(5-9)10-13-11(7)12-4/h1-4H3/q+1. The van der Waals surface area contributed by atoms with Crippen molar-refractivity contribution in [2.75, 3.05) is 7.11 Å². The minimum Gasteiger partial charge on any atom is -0.305 e. The highest BCUT2D eigenvalue weighted by atomic mass is 16.8. The maximum atomic E-state index is 8.75. The molecule has 0 aliphatic carbocycles. The molecular formula is C8H12N3O2+. The lowest BCUT2D eigenvalue weighted by molar-refractivity contribution is -1.03. The molecule has 0 aromatic carbocycles. The van der Waals surface area contributed by atoms with Crippen LogP contribution >= 0.6 is 0 Å². The van der Waals surface area contributed by atoms with Crippen LogP contribution < -0.4 is 9.74 Å². The average Bonchev–Trinajstić information content (AvgIpc) is 2.45. The number of hydrogen-bond acceptors (Lipinski definition) is 4. The Hall–Kier alpha value is -1.57. The van der Waals surface area contributed by atoms with Gasteiger partial charge in [0, 0.05) is 5.41 Å². The molecular weight excluding hydrogens is 170 g/mol. The van der Waals surface area contributed by atoms with E-state index >= 15 is 0 Å². The SMILES string of the molecule is CO[n+]1onc(C#N)c1C(C)(C)C. The van der Waals surface area contributed by atoms with Gasteiger partial charge in [0.15, 0.2) is 11.2 Å². The summed E-state index contributed by atoms with van der Waals surface area (Å²) in [6, 6.07) is 1.95. The monoisotopic (exact) mass is 182 g/mol. The van der Waals surface area contributed by atoms with E-state index < -0.39 is 0 Å². The third kappa shape index (κ3) is 1.61. The Morgan fingerprint density at radius 2 is 2.15 bits per heavy atom. The lowest BCUT2D eigenvalue weighted by Crippen LogP contribution is -2.46. The van der Waals surface area contributed by atoms with E-state index in [4.69, 9.17) is 14.7 Å². The molecule has 0 N–H and O–H groups in total. The van der Waals surface area contributed by atoms with Crippen LogP contribution in [0.3, 0.4) is 0 Å². The normalized spacial score (nSPS) is 11.0. The Bertz CT molecular complexity index is 343. The third-order valence-corrected chi connectivity index (χ3v) is 1.60. The fraction of sp³-hybridized carbons (Fsp3) is 0.625. The molecule has 0 aliphatic rings. The van der Waals surface area contributed by atoms with Gasteiger partial charge in [0.1, 0.15) is 12.0 Å². The number of hydrogen-bond donors (Lipinski definition) is 0. The van der Waals surface area contributed by atoms with E-state index in [-0.39, 0.29) is 11.1 Å². The van der Waals surface area contributed by atoms with Crippen molar-refractivity contribution in [1.82, 2.24) is 5.16 Å². The molecule has 0 fully saturated rings. The maximum Gasteiger partial charge on any atom is 0.350 e. The van der Waals surface area contributed by atoms with Gasteiger partial charge in [0.2, 0.25) is 0 Å². The van der Waals surface area contributed by atoms with Gasteiger partial charge < -0.3 is 4.84 Å². The predicted molar refractivity (Wildman–Crippen MR) is 42.6 cm³/mol. The molecule has 13 heavy (non-hydrogen) atoms. The van der Waals surface area contributed by atoms with Gasteiger partial charge in [-0.25, -0.2) is 0 Å². The van der Waals surface area contributed by atoms with Crippen LogP contribution in [0.15, 0.2) is 4.63 Å². The molecule has 0 spiro atoms. The molecule has 0 saturated heterocycles. The maximum absolute atomic E-state index is 8.75. The Kier molecular flexibility index (Phi) is 2.24. The van der Waals surface area contributed by atoms with Crippen LogP contribution in [0.5, 0.6) is 0 Å². The highest BCUT2D eigenvalue weighted by molar-refractivity contribution is 5.25. The summed E-state index contributed by atoms with van der Waals surface area (Å²) in [6.07, 6.45) is 0. The summed E-state index contributed by atoms with van der Waals surface area (Å²) < 4.78 is 4.78. The van der Waals surface area contributed by atoms with Gasteiger partial charge >= 0.3 is 5.69 Å². The molecule has 0 unspecified atom stereocenters. The van der Waals surface area contributed by atoms with Crippen LogP contribution in [0, 0.1) is 11.3 Å². The van der Waals surface area contributed by atoms with Crippen molar-refractivity contribution >= 4 is 0 Å². The summed E-state index contributed by atoms with van der Waals surface area (Å²) in [4.78, 5) is 6.04. The molecule has 5 nitrogen and oxygen atoms in total. The summed E-state index contributed by atoms with van der Waals surface area (Å²) in [5.74, 6) is 0. The molecule has 1 aromatic heterocycles. The molecule has 1 rings (SSSR count). The van der Waals surface area contributed by atoms with Crippen molar-refractivity contribution in [3.05, 3.63) is 11.4 Å². The van der Waals surface area contributed by atoms with E-state index in [0.29, 0.717) is 5.69 Å². The van der Waals surface area contributed by atoms with E-state index in [2.05, 4.69) is 5.16 Å². The second kappa shape index (κ2) is 3.05. The number of nitrogens with zero attached hydrogens (tertiary/aromatic N) is 3. The van der Waals surface area contributed by atoms with Gasteiger partial charge in [-0.1, -0.05) is 20.8 Å². The van der Waals surface area contributed by atoms with Crippen LogP contribution in [0.4, 0.5) is 0 Å². The molecule has 0 amide bonds. The van der Waals surface area contributed by atoms with Crippen LogP contribution in [0.1, 0.15) is 32.2 Å². The minimum atomic E-state index is -0.235. The molecule has 1 heterocycles. The van der Waals surface area contributed by atoms with Crippen LogP contribution in [-0.4, -0.2) is 12.3 Å². The van der Waals surface area contributed by atoms with Gasteiger partial charge in [-0.3, -0.25) is 0 Å². The summed E-state index contributed by atoms with van der Waals surface area (Å²) in [5.41, 5.74) is 0.660. The molecule has 0 aliphatic heterocycles. The third-order valence-electron chi connectivity index (χ3n) is 1.60. The lowest BCUT2D eigenvalue weighted by Gasteiger charge is -2.11. The van der Waals surface area contributed by atoms with Gasteiger partial charge in [-0.2, -0.15) is 5.26 Å². The van der Waals surface area contributed by atoms with Crippen molar-refractivity contribution in [2.45, 2.75) is 26.2 Å². The lowest BCUT2D eigenvalue weighted by atomic mass is 9.91. The second-order valence-corrected chi connectivity index (χ2v) is 3.67. The summed E-state index contributed by atoms with van der Waals surface area (Å²) in [5, 5.41) is 12.3. The highest BCUT2D eigenvalue weighted by Gasteiger charge is 2.36. The van der Waals surface area contributed by atoms with E-state index in [0.717, 1.165) is 4.90 Å². The Morgan fingerprint density at radius 1 is 1.54 bits per heavy atom. The first-order chi connectivity index (χ1) is 6.00. The van der Waals surface area contributed by atoms with Gasteiger partial charge in [-0.15, -0.1) is 0 Å². The number of aromatic nitrogens is 2. The summed E-state index contributed by atoms with van der Waals surface area (Å²) in [7, 11) is 1.46. The van der Waals surface area contributed by atoms with Crippen molar-refractivity contribution in [2.24, 2.45) is 0 Å². The van der Waals surface area contributed by atoms with Crippen LogP contribution in [0.25, 0.3) is 0 Å². The van der Waals surface area contributed by atoms with E-state index in [1.807, 2.05) is 26.8 Å². The van der Waals surface area contributed by atoms with Gasteiger partial charge in [-0.05, 0) is 4.63 Å². The Labute approximate surface area is 76.4 Å². The van der Waals surface area contributed by atoms with E-state index in [1.54, 1.807) is 0 Å². The predicted octanol–water partition coefficient (Wildman–Crippen LogP) is 0.190. The van der Waals surface area contributed by atoms with Crippen molar-refractivity contribution in [1.29, 1.82) is 5.26 Å². The average molecular weight is 182 g/mol. The zero-order valence-electron chi connectivity index (χ0n) is 8.16. The fourth-order valence-electron chi connectivity index (χ4n) is 1.08. The van der Waals surface area contributed by atoms with Crippen molar-refractivity contribution in [3.63, 3.8) is 0 Å². The van der Waals surface area contributed by atoms with E-state index in [1.165, 1.54) is 7.11 Å². The largest absolute Gasteiger partial charge is 0.350 e. The molecule has 0 bridgehead atoms. The zero-order chi connectivity index (χ0) is 10.1. The van der Waals surface area contributed by atoms with Gasteiger partial charge in [0.25, 0.3) is 5.69 Å². The summed E-state index contributed by atoms with van der Waals surface area (Å²) in [6.45, 7) is 5.86.